The molecule has 0 unspecified atom stereocenters. The minimum absolute atomic E-state index is 0.627. The van der Waals surface area contributed by atoms with Crippen LogP contribution in [0.2, 0.25) is 0 Å². The van der Waals surface area contributed by atoms with Crippen LogP contribution in [0.15, 0.2) is 42.5 Å². The van der Waals surface area contributed by atoms with Gasteiger partial charge in [0, 0.05) is 18.7 Å². The van der Waals surface area contributed by atoms with E-state index in [9.17, 15) is 0 Å². The molecule has 0 saturated heterocycles. The molecule has 3 heteroatoms. The second kappa shape index (κ2) is 5.41. The van der Waals surface area contributed by atoms with Gasteiger partial charge in [-0.05, 0) is 24.0 Å². The molecule has 0 amide bonds. The predicted octanol–water partition coefficient (Wildman–Crippen LogP) is 3.36. The molecule has 3 nitrogen and oxygen atoms in total. The maximum absolute atomic E-state index is 6.01. The van der Waals surface area contributed by atoms with Crippen LogP contribution in [0.25, 0.3) is 0 Å². The van der Waals surface area contributed by atoms with Crippen LogP contribution in [0.4, 0.5) is 0 Å². The number of benzene rings is 2. The summed E-state index contributed by atoms with van der Waals surface area (Å²) in [6, 6.07) is 14.9. The van der Waals surface area contributed by atoms with E-state index in [4.69, 9.17) is 9.47 Å². The van der Waals surface area contributed by atoms with Crippen molar-refractivity contribution in [1.29, 1.82) is 0 Å². The van der Waals surface area contributed by atoms with Crippen molar-refractivity contribution in [3.63, 3.8) is 0 Å². The average molecular weight is 281 g/mol. The molecule has 0 bridgehead atoms. The third kappa shape index (κ3) is 2.49. The van der Waals surface area contributed by atoms with Crippen LogP contribution in [0.1, 0.15) is 23.1 Å². The van der Waals surface area contributed by atoms with Gasteiger partial charge in [0.1, 0.15) is 6.73 Å². The van der Waals surface area contributed by atoms with Gasteiger partial charge in [-0.25, -0.2) is 0 Å². The van der Waals surface area contributed by atoms with E-state index >= 15 is 0 Å². The first kappa shape index (κ1) is 12.7. The van der Waals surface area contributed by atoms with Crippen LogP contribution in [0.5, 0.6) is 11.5 Å². The summed E-state index contributed by atoms with van der Waals surface area (Å²) in [4.78, 5) is 2.31. The fraction of sp³-hybridized carbons (Fsp3) is 0.333. The zero-order chi connectivity index (χ0) is 14.1. The SMILES string of the molecule is c1ccc(CN2COc3c(ccc4c3OCCC4)C2)cc1. The lowest BCUT2D eigenvalue weighted by atomic mass is 10.0. The third-order valence-electron chi connectivity index (χ3n) is 4.15. The first-order valence-corrected chi connectivity index (χ1v) is 7.57. The van der Waals surface area contributed by atoms with E-state index in [2.05, 4.69) is 47.4 Å². The minimum Gasteiger partial charge on any atom is -0.489 e. The molecule has 2 heterocycles. The van der Waals surface area contributed by atoms with Crippen LogP contribution >= 0.6 is 0 Å². The zero-order valence-corrected chi connectivity index (χ0v) is 12.0. The van der Waals surface area contributed by atoms with Crippen molar-refractivity contribution in [3.05, 3.63) is 59.2 Å². The second-order valence-electron chi connectivity index (χ2n) is 5.74. The summed E-state index contributed by atoms with van der Waals surface area (Å²) < 4.78 is 11.8. The van der Waals surface area contributed by atoms with Crippen molar-refractivity contribution in [1.82, 2.24) is 4.90 Å². The largest absolute Gasteiger partial charge is 0.489 e. The molecule has 2 aromatic rings. The minimum atomic E-state index is 0.627. The molecule has 0 aromatic heterocycles. The topological polar surface area (TPSA) is 21.7 Å². The summed E-state index contributed by atoms with van der Waals surface area (Å²) >= 11 is 0. The number of ether oxygens (including phenoxy) is 2. The lowest BCUT2D eigenvalue weighted by Gasteiger charge is -2.31. The molecule has 0 radical (unpaired) electrons. The Balaban J connectivity index is 1.55. The molecule has 108 valence electrons. The molecule has 21 heavy (non-hydrogen) atoms. The number of hydrogen-bond donors (Lipinski definition) is 0. The maximum Gasteiger partial charge on any atom is 0.167 e. The monoisotopic (exact) mass is 281 g/mol. The normalized spacial score (nSPS) is 17.3. The molecule has 0 fully saturated rings. The number of nitrogens with zero attached hydrogens (tertiary/aromatic N) is 1. The second-order valence-corrected chi connectivity index (χ2v) is 5.74. The van der Waals surface area contributed by atoms with Crippen LogP contribution in [0.3, 0.4) is 0 Å². The molecule has 4 rings (SSSR count). The van der Waals surface area contributed by atoms with Gasteiger partial charge in [-0.1, -0.05) is 42.5 Å². The van der Waals surface area contributed by atoms with Crippen LogP contribution in [0, 0.1) is 0 Å². The van der Waals surface area contributed by atoms with E-state index in [1.165, 1.54) is 16.7 Å². The van der Waals surface area contributed by atoms with Gasteiger partial charge in [-0.2, -0.15) is 0 Å². The van der Waals surface area contributed by atoms with Gasteiger partial charge in [0.2, 0.25) is 0 Å². The maximum atomic E-state index is 6.01. The van der Waals surface area contributed by atoms with E-state index in [-0.39, 0.29) is 0 Å². The molecule has 0 atom stereocenters. The van der Waals surface area contributed by atoms with Gasteiger partial charge in [0.05, 0.1) is 6.61 Å². The molecule has 0 aliphatic carbocycles. The van der Waals surface area contributed by atoms with Gasteiger partial charge < -0.3 is 9.47 Å². The Bertz CT molecular complexity index is 639. The highest BCUT2D eigenvalue weighted by Crippen LogP contribution is 2.40. The molecule has 2 aliphatic rings. The van der Waals surface area contributed by atoms with Crippen LogP contribution in [-0.4, -0.2) is 18.2 Å². The Morgan fingerprint density at radius 1 is 0.905 bits per heavy atom. The van der Waals surface area contributed by atoms with E-state index in [1.807, 2.05) is 0 Å². The summed E-state index contributed by atoms with van der Waals surface area (Å²) in [6.45, 7) is 3.27. The van der Waals surface area contributed by atoms with E-state index < -0.39 is 0 Å². The quantitative estimate of drug-likeness (QED) is 0.842. The molecule has 0 N–H and O–H groups in total. The third-order valence-corrected chi connectivity index (χ3v) is 4.15. The van der Waals surface area contributed by atoms with Crippen molar-refractivity contribution >= 4 is 0 Å². The van der Waals surface area contributed by atoms with Crippen LogP contribution in [-0.2, 0) is 19.5 Å². The molecule has 0 saturated carbocycles. The first-order chi connectivity index (χ1) is 10.4. The summed E-state index contributed by atoms with van der Waals surface area (Å²) in [6.07, 6.45) is 2.20. The number of fused-ring (bicyclic) bond motifs is 3. The molecule has 0 spiro atoms. The fourth-order valence-corrected chi connectivity index (χ4v) is 3.10. The van der Waals surface area contributed by atoms with Gasteiger partial charge >= 0.3 is 0 Å². The molecular formula is C18H19NO2. The number of hydrogen-bond acceptors (Lipinski definition) is 3. The van der Waals surface area contributed by atoms with Crippen molar-refractivity contribution < 1.29 is 9.47 Å². The molecular weight excluding hydrogens is 262 g/mol. The Hall–Kier alpha value is -2.00. The van der Waals surface area contributed by atoms with Crippen LogP contribution < -0.4 is 9.47 Å². The average Bonchev–Trinajstić information content (AvgIpc) is 2.55. The van der Waals surface area contributed by atoms with Gasteiger partial charge in [-0.15, -0.1) is 0 Å². The first-order valence-electron chi connectivity index (χ1n) is 7.57. The smallest absolute Gasteiger partial charge is 0.167 e. The summed E-state index contributed by atoms with van der Waals surface area (Å²) in [5.41, 5.74) is 3.84. The lowest BCUT2D eigenvalue weighted by Crippen LogP contribution is -2.32. The standard InChI is InChI=1S/C18H19NO2/c1-2-5-14(6-3-1)11-19-12-16-9-8-15-7-4-10-20-17(15)18(16)21-13-19/h1-3,5-6,8-9H,4,7,10-13H2. The molecule has 2 aliphatic heterocycles. The van der Waals surface area contributed by atoms with Crippen molar-refractivity contribution in [2.75, 3.05) is 13.3 Å². The van der Waals surface area contributed by atoms with Gasteiger partial charge in [-0.3, -0.25) is 4.90 Å². The highest BCUT2D eigenvalue weighted by Gasteiger charge is 2.24. The van der Waals surface area contributed by atoms with E-state index in [0.717, 1.165) is 44.0 Å². The Morgan fingerprint density at radius 3 is 2.62 bits per heavy atom. The van der Waals surface area contributed by atoms with Gasteiger partial charge in [0.25, 0.3) is 0 Å². The Kier molecular flexibility index (Phi) is 3.28. The van der Waals surface area contributed by atoms with Crippen molar-refractivity contribution in [2.24, 2.45) is 0 Å². The van der Waals surface area contributed by atoms with Crippen molar-refractivity contribution in [3.8, 4) is 11.5 Å². The summed E-state index contributed by atoms with van der Waals surface area (Å²) in [7, 11) is 0. The predicted molar refractivity (Wildman–Crippen MR) is 81.4 cm³/mol. The van der Waals surface area contributed by atoms with Gasteiger partial charge in [0.15, 0.2) is 11.5 Å². The number of aryl methyl sites for hydroxylation is 1. The summed E-state index contributed by atoms with van der Waals surface area (Å²) in [5.74, 6) is 1.95. The highest BCUT2D eigenvalue weighted by atomic mass is 16.5. The lowest BCUT2D eigenvalue weighted by molar-refractivity contribution is 0.0833. The molecule has 2 aromatic carbocycles. The van der Waals surface area contributed by atoms with E-state index in [0.29, 0.717) is 6.73 Å². The Labute approximate surface area is 125 Å². The Morgan fingerprint density at radius 2 is 1.71 bits per heavy atom. The number of rotatable bonds is 2. The van der Waals surface area contributed by atoms with Crippen molar-refractivity contribution in [2.45, 2.75) is 25.9 Å². The van der Waals surface area contributed by atoms with E-state index in [1.54, 1.807) is 0 Å². The summed E-state index contributed by atoms with van der Waals surface area (Å²) in [5, 5.41) is 0. The fourth-order valence-electron chi connectivity index (χ4n) is 3.10. The zero-order valence-electron chi connectivity index (χ0n) is 12.0. The highest BCUT2D eigenvalue weighted by molar-refractivity contribution is 5.53.